The maximum Gasteiger partial charge on any atom is 0.243 e. The molecule has 1 atom stereocenters. The van der Waals surface area contributed by atoms with Gasteiger partial charge in [-0.15, -0.1) is 0 Å². The maximum absolute atomic E-state index is 14.0. The third-order valence-corrected chi connectivity index (χ3v) is 9.53. The lowest BCUT2D eigenvalue weighted by Crippen LogP contribution is -2.52. The summed E-state index contributed by atoms with van der Waals surface area (Å²) in [6.07, 6.45) is 3.97. The van der Waals surface area contributed by atoms with Crippen LogP contribution in [0.5, 0.6) is 0 Å². The molecule has 0 aliphatic rings. The normalized spacial score (nSPS) is 13.7. The molecule has 3 rings (SSSR count). The van der Waals surface area contributed by atoms with Gasteiger partial charge < -0.3 is 9.32 Å². The second kappa shape index (κ2) is 12.8. The first kappa shape index (κ1) is 31.7. The van der Waals surface area contributed by atoms with Crippen LogP contribution in [0.3, 0.4) is 0 Å². The molecule has 0 fully saturated rings. The highest BCUT2D eigenvalue weighted by Crippen LogP contribution is 2.25. The zero-order valence-electron chi connectivity index (χ0n) is 24.2. The molecule has 40 heavy (non-hydrogen) atoms. The van der Waals surface area contributed by atoms with Gasteiger partial charge in [0.25, 0.3) is 0 Å². The molecule has 0 saturated heterocycles. The SMILES string of the molecule is CC(C)CN(CC(C)C)C(=O)[C@H](CCN(Cc1cnn(C)n1)S(C)(=O)=O)N(C)S(=O)(=O)c1ccc2occc2c1. The van der Waals surface area contributed by atoms with E-state index in [9.17, 15) is 21.6 Å². The topological polar surface area (TPSA) is 139 Å². The van der Waals surface area contributed by atoms with Crippen molar-refractivity contribution in [3.05, 3.63) is 42.4 Å². The van der Waals surface area contributed by atoms with Gasteiger partial charge in [0.15, 0.2) is 0 Å². The number of benzene rings is 1. The first-order valence-corrected chi connectivity index (χ1v) is 16.4. The molecule has 1 amide bonds. The summed E-state index contributed by atoms with van der Waals surface area (Å²) < 4.78 is 60.6. The number of likely N-dealkylation sites (N-methyl/N-ethyl adjacent to an activating group) is 1. The van der Waals surface area contributed by atoms with E-state index in [0.29, 0.717) is 29.8 Å². The van der Waals surface area contributed by atoms with Crippen molar-refractivity contribution in [1.82, 2.24) is 28.5 Å². The predicted molar refractivity (Wildman–Crippen MR) is 152 cm³/mol. The number of aromatic nitrogens is 3. The smallest absolute Gasteiger partial charge is 0.243 e. The third kappa shape index (κ3) is 7.89. The minimum atomic E-state index is -4.13. The van der Waals surface area contributed by atoms with E-state index in [4.69, 9.17) is 4.42 Å². The fourth-order valence-electron chi connectivity index (χ4n) is 4.52. The second-order valence-electron chi connectivity index (χ2n) is 10.9. The third-order valence-electron chi connectivity index (χ3n) is 6.41. The lowest BCUT2D eigenvalue weighted by atomic mass is 10.1. The molecular weight excluding hydrogens is 556 g/mol. The van der Waals surface area contributed by atoms with Crippen molar-refractivity contribution in [2.45, 2.75) is 51.6 Å². The molecule has 222 valence electrons. The van der Waals surface area contributed by atoms with Crippen LogP contribution in [0, 0.1) is 11.8 Å². The number of sulfonamides is 2. The van der Waals surface area contributed by atoms with Crippen molar-refractivity contribution in [2.24, 2.45) is 18.9 Å². The van der Waals surface area contributed by atoms with Gasteiger partial charge in [-0.3, -0.25) is 4.79 Å². The molecule has 14 heteroatoms. The molecule has 0 unspecified atom stereocenters. The lowest BCUT2D eigenvalue weighted by Gasteiger charge is -2.34. The Morgan fingerprint density at radius 1 is 1.05 bits per heavy atom. The summed E-state index contributed by atoms with van der Waals surface area (Å²) in [5, 5.41) is 8.78. The fourth-order valence-corrected chi connectivity index (χ4v) is 6.70. The first-order valence-electron chi connectivity index (χ1n) is 13.1. The van der Waals surface area contributed by atoms with Crippen LogP contribution in [0.15, 0.2) is 46.0 Å². The number of furan rings is 1. The Hall–Kier alpha value is -2.81. The van der Waals surface area contributed by atoms with Crippen LogP contribution in [0.1, 0.15) is 39.8 Å². The van der Waals surface area contributed by atoms with E-state index in [1.807, 2.05) is 27.7 Å². The van der Waals surface area contributed by atoms with Gasteiger partial charge in [-0.2, -0.15) is 23.6 Å². The Bertz CT molecular complexity index is 1500. The van der Waals surface area contributed by atoms with Crippen molar-refractivity contribution >= 4 is 36.9 Å². The van der Waals surface area contributed by atoms with Crippen molar-refractivity contribution in [3.63, 3.8) is 0 Å². The molecule has 0 radical (unpaired) electrons. The van der Waals surface area contributed by atoms with E-state index in [1.54, 1.807) is 24.1 Å². The fraction of sp³-hybridized carbons (Fsp3) is 0.577. The summed E-state index contributed by atoms with van der Waals surface area (Å²) in [6, 6.07) is 5.04. The number of fused-ring (bicyclic) bond motifs is 1. The molecule has 2 aromatic heterocycles. The van der Waals surface area contributed by atoms with E-state index >= 15 is 0 Å². The Morgan fingerprint density at radius 3 is 2.25 bits per heavy atom. The zero-order valence-corrected chi connectivity index (χ0v) is 25.8. The zero-order chi connectivity index (χ0) is 29.8. The van der Waals surface area contributed by atoms with Crippen LogP contribution in [0.2, 0.25) is 0 Å². The number of hydrogen-bond acceptors (Lipinski definition) is 8. The van der Waals surface area contributed by atoms with Crippen molar-refractivity contribution in [2.75, 3.05) is 32.9 Å². The average Bonchev–Trinajstić information content (AvgIpc) is 3.49. The van der Waals surface area contributed by atoms with Gasteiger partial charge in [0, 0.05) is 39.1 Å². The molecule has 0 aliphatic carbocycles. The quantitative estimate of drug-likeness (QED) is 0.277. The van der Waals surface area contributed by atoms with Gasteiger partial charge in [0.05, 0.1) is 35.8 Å². The summed E-state index contributed by atoms with van der Waals surface area (Å²) in [5.41, 5.74) is 0.980. The monoisotopic (exact) mass is 596 g/mol. The Kier molecular flexibility index (Phi) is 10.1. The van der Waals surface area contributed by atoms with Gasteiger partial charge >= 0.3 is 0 Å². The number of amides is 1. The molecule has 3 aromatic rings. The first-order chi connectivity index (χ1) is 18.6. The van der Waals surface area contributed by atoms with Crippen molar-refractivity contribution in [1.29, 1.82) is 0 Å². The van der Waals surface area contributed by atoms with Gasteiger partial charge in [0.2, 0.25) is 26.0 Å². The van der Waals surface area contributed by atoms with E-state index in [-0.39, 0.29) is 42.1 Å². The molecule has 0 saturated carbocycles. The number of carbonyl (C=O) groups is 1. The molecule has 1 aromatic carbocycles. The Morgan fingerprint density at radius 2 is 1.70 bits per heavy atom. The summed E-state index contributed by atoms with van der Waals surface area (Å²) in [4.78, 5) is 17.1. The number of nitrogens with zero attached hydrogens (tertiary/aromatic N) is 6. The Balaban J connectivity index is 1.98. The molecule has 2 heterocycles. The van der Waals surface area contributed by atoms with Crippen LogP contribution < -0.4 is 0 Å². The molecule has 0 bridgehead atoms. The average molecular weight is 597 g/mol. The minimum absolute atomic E-state index is 0.0144. The highest BCUT2D eigenvalue weighted by Gasteiger charge is 2.37. The highest BCUT2D eigenvalue weighted by atomic mass is 32.2. The highest BCUT2D eigenvalue weighted by molar-refractivity contribution is 7.89. The molecule has 0 spiro atoms. The number of aryl methyl sites for hydroxylation is 1. The minimum Gasteiger partial charge on any atom is -0.464 e. The Labute approximate surface area is 237 Å². The van der Waals surface area contributed by atoms with E-state index in [0.717, 1.165) is 10.6 Å². The molecule has 0 N–H and O–H groups in total. The predicted octanol–water partition coefficient (Wildman–Crippen LogP) is 2.54. The van der Waals surface area contributed by atoms with Gasteiger partial charge in [-0.05, 0) is 42.5 Å². The van der Waals surface area contributed by atoms with Crippen LogP contribution in [-0.4, -0.2) is 90.2 Å². The summed E-state index contributed by atoms with van der Waals surface area (Å²) in [6.45, 7) is 8.69. The van der Waals surface area contributed by atoms with E-state index < -0.39 is 26.1 Å². The molecule has 12 nitrogen and oxygen atoms in total. The summed E-state index contributed by atoms with van der Waals surface area (Å²) in [7, 11) is -4.85. The number of carbonyl (C=O) groups excluding carboxylic acids is 1. The van der Waals surface area contributed by atoms with Gasteiger partial charge in [0.1, 0.15) is 11.6 Å². The van der Waals surface area contributed by atoms with Crippen LogP contribution >= 0.6 is 0 Å². The lowest BCUT2D eigenvalue weighted by molar-refractivity contribution is -0.136. The van der Waals surface area contributed by atoms with Crippen LogP contribution in [0.4, 0.5) is 0 Å². The summed E-state index contributed by atoms with van der Waals surface area (Å²) >= 11 is 0. The second-order valence-corrected chi connectivity index (χ2v) is 14.9. The maximum atomic E-state index is 14.0. The molecular formula is C26H40N6O6S2. The van der Waals surface area contributed by atoms with Gasteiger partial charge in [-0.25, -0.2) is 16.8 Å². The van der Waals surface area contributed by atoms with Crippen molar-refractivity contribution in [3.8, 4) is 0 Å². The largest absolute Gasteiger partial charge is 0.464 e. The number of hydrogen-bond donors (Lipinski definition) is 0. The standard InChI is InChI=1S/C26H40N6O6S2/c1-19(2)16-31(17-20(3)4)26(33)24(10-12-32(39(7,34)35)18-22-15-27-30(6)28-22)29(5)40(36,37)23-8-9-25-21(14-23)11-13-38-25/h8-9,11,13-15,19-20,24H,10,12,16-18H2,1-7H3/t24-/m0/s1. The van der Waals surface area contributed by atoms with Crippen LogP contribution in [-0.2, 0) is 38.4 Å². The summed E-state index contributed by atoms with van der Waals surface area (Å²) in [5.74, 6) is -0.0679. The van der Waals surface area contributed by atoms with Crippen molar-refractivity contribution < 1.29 is 26.0 Å². The van der Waals surface area contributed by atoms with E-state index in [2.05, 4.69) is 10.2 Å². The van der Waals surface area contributed by atoms with E-state index in [1.165, 1.54) is 40.7 Å². The van der Waals surface area contributed by atoms with Gasteiger partial charge in [-0.1, -0.05) is 27.7 Å². The van der Waals surface area contributed by atoms with Crippen LogP contribution in [0.25, 0.3) is 11.0 Å². The molecule has 0 aliphatic heterocycles. The number of rotatable bonds is 14.